The van der Waals surface area contributed by atoms with Crippen LogP contribution in [0.1, 0.15) is 12.8 Å². The number of nitrogens with one attached hydrogen (secondary N) is 1. The number of imide groups is 1. The standard InChI is InChI=1S/C9H13N5O4/c10-13-12-5-3-8(18-6(5)4-15)14-2-1-7(16)11-9(14)17/h5-6,8,15H,1-4H2,(H,11,16,17)/t5-,6-,8-/m1/s1. The predicted octanol–water partition coefficient (Wildman–Crippen LogP) is -0.285. The van der Waals surface area contributed by atoms with Gasteiger partial charge in [-0.15, -0.1) is 0 Å². The molecule has 0 aromatic heterocycles. The second-order valence-corrected chi connectivity index (χ2v) is 4.12. The average Bonchev–Trinajstić information content (AvgIpc) is 2.72. The molecule has 2 fully saturated rings. The number of hydrogen-bond donors (Lipinski definition) is 2. The average molecular weight is 255 g/mol. The molecule has 3 amide bonds. The maximum atomic E-state index is 11.6. The molecule has 98 valence electrons. The summed E-state index contributed by atoms with van der Waals surface area (Å²) in [6.07, 6.45) is -0.666. The van der Waals surface area contributed by atoms with Gasteiger partial charge in [0.25, 0.3) is 0 Å². The fourth-order valence-corrected chi connectivity index (χ4v) is 2.11. The Kier molecular flexibility index (Phi) is 3.66. The van der Waals surface area contributed by atoms with Crippen molar-refractivity contribution in [2.24, 2.45) is 5.11 Å². The van der Waals surface area contributed by atoms with Crippen LogP contribution in [0.5, 0.6) is 0 Å². The summed E-state index contributed by atoms with van der Waals surface area (Å²) in [6.45, 7) is -0.0228. The van der Waals surface area contributed by atoms with Gasteiger partial charge in [-0.2, -0.15) is 0 Å². The maximum Gasteiger partial charge on any atom is 0.326 e. The van der Waals surface area contributed by atoms with E-state index in [0.29, 0.717) is 6.42 Å². The fraction of sp³-hybridized carbons (Fsp3) is 0.778. The highest BCUT2D eigenvalue weighted by Crippen LogP contribution is 2.26. The van der Waals surface area contributed by atoms with Crippen molar-refractivity contribution in [1.82, 2.24) is 10.2 Å². The number of carbonyl (C=O) groups is 2. The minimum atomic E-state index is -0.615. The molecule has 2 aliphatic rings. The number of hydrogen-bond acceptors (Lipinski definition) is 5. The molecule has 0 spiro atoms. The van der Waals surface area contributed by atoms with Crippen molar-refractivity contribution in [2.45, 2.75) is 31.2 Å². The number of aliphatic hydroxyl groups excluding tert-OH is 1. The van der Waals surface area contributed by atoms with Gasteiger partial charge in [-0.3, -0.25) is 15.0 Å². The molecule has 2 rings (SSSR count). The normalized spacial score (nSPS) is 32.1. The van der Waals surface area contributed by atoms with Crippen LogP contribution in [0.2, 0.25) is 0 Å². The third-order valence-electron chi connectivity index (χ3n) is 3.02. The van der Waals surface area contributed by atoms with Gasteiger partial charge in [0, 0.05) is 24.3 Å². The topological polar surface area (TPSA) is 128 Å². The quantitative estimate of drug-likeness (QED) is 0.408. The SMILES string of the molecule is [N-]=[N+]=N[C@@H]1C[C@H](N2CCC(=O)NC2=O)O[C@@H]1CO. The van der Waals surface area contributed by atoms with Gasteiger partial charge >= 0.3 is 6.03 Å². The lowest BCUT2D eigenvalue weighted by Gasteiger charge is -2.31. The number of carbonyl (C=O) groups excluding carboxylic acids is 2. The van der Waals surface area contributed by atoms with Gasteiger partial charge in [0.05, 0.1) is 18.8 Å². The minimum absolute atomic E-state index is 0.210. The molecule has 9 nitrogen and oxygen atoms in total. The number of nitrogens with zero attached hydrogens (tertiary/aromatic N) is 4. The first kappa shape index (κ1) is 12.6. The van der Waals surface area contributed by atoms with Crippen LogP contribution in [0.25, 0.3) is 10.4 Å². The molecule has 18 heavy (non-hydrogen) atoms. The second kappa shape index (κ2) is 5.21. The van der Waals surface area contributed by atoms with Gasteiger partial charge in [0.2, 0.25) is 5.91 Å². The summed E-state index contributed by atoms with van der Waals surface area (Å²) >= 11 is 0. The minimum Gasteiger partial charge on any atom is -0.394 e. The van der Waals surface area contributed by atoms with Gasteiger partial charge in [-0.1, -0.05) is 5.11 Å². The number of aliphatic hydroxyl groups is 1. The lowest BCUT2D eigenvalue weighted by atomic mass is 10.1. The summed E-state index contributed by atoms with van der Waals surface area (Å²) in [5.41, 5.74) is 8.41. The van der Waals surface area contributed by atoms with E-state index in [0.717, 1.165) is 0 Å². The van der Waals surface area contributed by atoms with Gasteiger partial charge in [0.15, 0.2) is 0 Å². The highest BCUT2D eigenvalue weighted by atomic mass is 16.5. The Balaban J connectivity index is 2.04. The zero-order valence-corrected chi connectivity index (χ0v) is 9.52. The molecule has 0 aromatic rings. The highest BCUT2D eigenvalue weighted by molar-refractivity contribution is 5.96. The van der Waals surface area contributed by atoms with Crippen LogP contribution in [0.3, 0.4) is 0 Å². The first-order valence-electron chi connectivity index (χ1n) is 5.56. The summed E-state index contributed by atoms with van der Waals surface area (Å²) in [7, 11) is 0. The molecule has 0 aliphatic carbocycles. The smallest absolute Gasteiger partial charge is 0.326 e. The molecule has 2 heterocycles. The zero-order chi connectivity index (χ0) is 13.1. The molecule has 0 radical (unpaired) electrons. The second-order valence-electron chi connectivity index (χ2n) is 4.12. The molecule has 0 aromatic carbocycles. The highest BCUT2D eigenvalue weighted by Gasteiger charge is 2.40. The van der Waals surface area contributed by atoms with Crippen molar-refractivity contribution in [3.05, 3.63) is 10.4 Å². The van der Waals surface area contributed by atoms with Crippen molar-refractivity contribution in [3.8, 4) is 0 Å². The van der Waals surface area contributed by atoms with Crippen LogP contribution in [0, 0.1) is 0 Å². The van der Waals surface area contributed by atoms with Crippen molar-refractivity contribution < 1.29 is 19.4 Å². The lowest BCUT2D eigenvalue weighted by Crippen LogP contribution is -2.53. The van der Waals surface area contributed by atoms with Gasteiger partial charge < -0.3 is 9.84 Å². The molecule has 3 atom stereocenters. The third kappa shape index (κ3) is 2.37. The Morgan fingerprint density at radius 1 is 1.61 bits per heavy atom. The number of amides is 3. The summed E-state index contributed by atoms with van der Waals surface area (Å²) in [6, 6.07) is -1.02. The van der Waals surface area contributed by atoms with Crippen LogP contribution in [0.4, 0.5) is 4.79 Å². The van der Waals surface area contributed by atoms with Crippen molar-refractivity contribution in [2.75, 3.05) is 13.2 Å². The van der Waals surface area contributed by atoms with E-state index >= 15 is 0 Å². The van der Waals surface area contributed by atoms with Crippen LogP contribution in [-0.2, 0) is 9.53 Å². The summed E-state index contributed by atoms with van der Waals surface area (Å²) < 4.78 is 5.46. The fourth-order valence-electron chi connectivity index (χ4n) is 2.11. The Bertz CT molecular complexity index is 408. The Morgan fingerprint density at radius 3 is 3.00 bits per heavy atom. The van der Waals surface area contributed by atoms with E-state index in [-0.39, 0.29) is 25.5 Å². The molecular formula is C9H13N5O4. The lowest BCUT2D eigenvalue weighted by molar-refractivity contribution is -0.123. The maximum absolute atomic E-state index is 11.6. The van der Waals surface area contributed by atoms with Crippen LogP contribution >= 0.6 is 0 Å². The van der Waals surface area contributed by atoms with E-state index in [4.69, 9.17) is 15.4 Å². The third-order valence-corrected chi connectivity index (χ3v) is 3.02. The van der Waals surface area contributed by atoms with E-state index in [1.165, 1.54) is 4.90 Å². The Morgan fingerprint density at radius 2 is 2.39 bits per heavy atom. The zero-order valence-electron chi connectivity index (χ0n) is 9.52. The molecule has 2 saturated heterocycles. The molecular weight excluding hydrogens is 242 g/mol. The van der Waals surface area contributed by atoms with Crippen molar-refractivity contribution in [3.63, 3.8) is 0 Å². The van der Waals surface area contributed by atoms with Gasteiger partial charge in [-0.05, 0) is 5.53 Å². The first-order chi connectivity index (χ1) is 8.65. The van der Waals surface area contributed by atoms with Gasteiger partial charge in [0.1, 0.15) is 6.23 Å². The summed E-state index contributed by atoms with van der Waals surface area (Å²) in [4.78, 5) is 26.7. The largest absolute Gasteiger partial charge is 0.394 e. The monoisotopic (exact) mass is 255 g/mol. The number of urea groups is 1. The Hall–Kier alpha value is -1.83. The number of azide groups is 1. The first-order valence-corrected chi connectivity index (χ1v) is 5.56. The molecule has 9 heteroatoms. The van der Waals surface area contributed by atoms with Crippen molar-refractivity contribution in [1.29, 1.82) is 0 Å². The predicted molar refractivity (Wildman–Crippen MR) is 58.2 cm³/mol. The molecule has 2 N–H and O–H groups in total. The van der Waals surface area contributed by atoms with E-state index in [9.17, 15) is 9.59 Å². The number of ether oxygens (including phenoxy) is 1. The van der Waals surface area contributed by atoms with E-state index in [1.54, 1.807) is 0 Å². The summed E-state index contributed by atoms with van der Waals surface area (Å²) in [5, 5.41) is 14.8. The van der Waals surface area contributed by atoms with Gasteiger partial charge in [-0.25, -0.2) is 4.79 Å². The van der Waals surface area contributed by atoms with Crippen molar-refractivity contribution >= 4 is 11.9 Å². The van der Waals surface area contributed by atoms with E-state index in [2.05, 4.69) is 15.3 Å². The van der Waals surface area contributed by atoms with E-state index < -0.39 is 24.4 Å². The number of rotatable bonds is 3. The molecule has 0 unspecified atom stereocenters. The van der Waals surface area contributed by atoms with Crippen LogP contribution in [0.15, 0.2) is 5.11 Å². The van der Waals surface area contributed by atoms with Crippen LogP contribution < -0.4 is 5.32 Å². The molecule has 0 bridgehead atoms. The van der Waals surface area contributed by atoms with Crippen LogP contribution in [-0.4, -0.2) is 53.5 Å². The Labute approximate surface area is 102 Å². The van der Waals surface area contributed by atoms with E-state index in [1.807, 2.05) is 0 Å². The molecule has 0 saturated carbocycles. The molecule has 2 aliphatic heterocycles. The summed E-state index contributed by atoms with van der Waals surface area (Å²) in [5.74, 6) is -0.320.